The number of rotatable bonds is 27. The minimum absolute atomic E-state index is 0.00496. The number of ketones is 5. The predicted molar refractivity (Wildman–Crippen MR) is 509 cm³/mol. The van der Waals surface area contributed by atoms with Gasteiger partial charge >= 0.3 is 0 Å². The number of hydrogen-bond donors (Lipinski definition) is 2. The summed E-state index contributed by atoms with van der Waals surface area (Å²) in [5, 5.41) is 124. The van der Waals surface area contributed by atoms with Crippen molar-refractivity contribution in [3.63, 3.8) is 0 Å². The van der Waals surface area contributed by atoms with Gasteiger partial charge in [-0.15, -0.1) is 72.6 Å². The Labute approximate surface area is 771 Å². The number of benzene rings is 6. The third-order valence-corrected chi connectivity index (χ3v) is 24.6. The third-order valence-electron chi connectivity index (χ3n) is 19.2. The lowest BCUT2D eigenvalue weighted by Gasteiger charge is -2.06. The van der Waals surface area contributed by atoms with Crippen LogP contribution in [0.5, 0.6) is 0 Å². The van der Waals surface area contributed by atoms with Crippen molar-refractivity contribution in [3.8, 4) is 78.5 Å². The molecule has 4 aliphatic heterocycles. The summed E-state index contributed by atoms with van der Waals surface area (Å²) in [7, 11) is 5.42. The quantitative estimate of drug-likeness (QED) is 0.0274. The van der Waals surface area contributed by atoms with E-state index in [1.54, 1.807) is 64.8 Å². The largest absolute Gasteiger partial charge is 0.360 e. The fraction of sp³-hybridized carbons (Fsp3) is 0.233. The summed E-state index contributed by atoms with van der Waals surface area (Å²) in [4.78, 5) is 115. The molecule has 0 atom stereocenters. The molecular formula is C86H79N25O16S5. The van der Waals surface area contributed by atoms with Crippen LogP contribution in [-0.2, 0) is 45.1 Å². The van der Waals surface area contributed by atoms with Gasteiger partial charge in [0.1, 0.15) is 60.5 Å². The predicted octanol–water partition coefficient (Wildman–Crippen LogP) is 16.6. The van der Waals surface area contributed by atoms with Crippen molar-refractivity contribution in [3.05, 3.63) is 248 Å². The zero-order valence-electron chi connectivity index (χ0n) is 72.2. The number of Topliss-reactive ketones (excluding diaryl/α,β-unsaturated/α-hetero) is 5. The molecule has 10 heterocycles. The first-order valence-electron chi connectivity index (χ1n) is 39.6. The van der Waals surface area contributed by atoms with E-state index in [0.29, 0.717) is 167 Å². The second-order valence-electron chi connectivity index (χ2n) is 29.7. The van der Waals surface area contributed by atoms with Gasteiger partial charge in [-0.3, -0.25) is 98.8 Å². The molecular weight excluding hydrogens is 1800 g/mol. The SMILES string of the molecule is CC(=O)CSC1=NN=C(c2cc(-c3ccn(C)n3)cc([N+](=O)[O-])c2)C1.CC(=O)CSC1=NN=C(c2cc(-c3ccn[nH]3)cc([N+](=O)[O-])c2)C1.CC(=O)CSC1=NN=C(c2cc(-c3cn(C)nc3C)cc([N+](=O)[O-])c2)C1.CC(=O)CSC1=NN=C(c2cc(-c3cnn(C)c3C)cc([N+](=O)[O-])c2)C1.CC(=O)CSc1n[nH]c(-c2cc(-c3c(-c4ccccc4)noc3C)cc([N+](=O)[O-])c2)n1. The lowest BCUT2D eigenvalue weighted by Crippen LogP contribution is -2.05. The zero-order chi connectivity index (χ0) is 94.7. The lowest BCUT2D eigenvalue weighted by atomic mass is 9.97. The molecule has 0 radical (unpaired) electrons. The van der Waals surface area contributed by atoms with Crippen molar-refractivity contribution in [1.82, 2.24) is 59.9 Å². The molecule has 41 nitrogen and oxygen atoms in total. The normalized spacial score (nSPS) is 12.9. The van der Waals surface area contributed by atoms with Gasteiger partial charge in [-0.2, -0.15) is 40.8 Å². The number of nitro benzene ring substituents is 5. The number of nitro groups is 5. The average Bonchev–Trinajstić information content (AvgIpc) is 1.64. The number of carbonyl (C=O) groups excluding carboxylic acids is 5. The molecule has 6 aromatic carbocycles. The van der Waals surface area contributed by atoms with Crippen LogP contribution in [0.2, 0.25) is 0 Å². The van der Waals surface area contributed by atoms with Crippen LogP contribution in [0.3, 0.4) is 0 Å². The Morgan fingerprint density at radius 1 is 0.432 bits per heavy atom. The van der Waals surface area contributed by atoms with E-state index in [0.717, 1.165) is 48.3 Å². The van der Waals surface area contributed by atoms with Crippen LogP contribution in [0.1, 0.15) is 99.7 Å². The topological polar surface area (TPSA) is 550 Å². The van der Waals surface area contributed by atoms with Crippen LogP contribution in [-0.4, -0.2) is 185 Å². The number of aryl methyl sites for hydroxylation is 5. The van der Waals surface area contributed by atoms with Gasteiger partial charge in [-0.05, 0) is 115 Å². The maximum Gasteiger partial charge on any atom is 0.270 e. The summed E-state index contributed by atoms with van der Waals surface area (Å²) in [5.74, 6) is 2.79. The number of hydrogen-bond acceptors (Lipinski definition) is 36. The Kier molecular flexibility index (Phi) is 31.9. The Hall–Kier alpha value is -15.0. The molecule has 4 aliphatic rings. The molecule has 6 aromatic heterocycles. The molecule has 46 heteroatoms. The number of carbonyl (C=O) groups is 5. The summed E-state index contributed by atoms with van der Waals surface area (Å²) < 4.78 is 10.5. The molecule has 16 rings (SSSR count). The smallest absolute Gasteiger partial charge is 0.270 e. The number of aromatic nitrogens is 12. The Bertz CT molecular complexity index is 6710. The van der Waals surface area contributed by atoms with E-state index >= 15 is 0 Å². The second-order valence-corrected chi connectivity index (χ2v) is 34.8. The van der Waals surface area contributed by atoms with Gasteiger partial charge in [-0.1, -0.05) is 47.3 Å². The Morgan fingerprint density at radius 3 is 1.23 bits per heavy atom. The van der Waals surface area contributed by atoms with E-state index in [4.69, 9.17) is 4.52 Å². The monoisotopic (exact) mass is 1880 g/mol. The van der Waals surface area contributed by atoms with Crippen LogP contribution < -0.4 is 0 Å². The van der Waals surface area contributed by atoms with Crippen molar-refractivity contribution in [2.24, 2.45) is 62.0 Å². The second kappa shape index (κ2) is 43.9. The van der Waals surface area contributed by atoms with Crippen molar-refractivity contribution in [2.75, 3.05) is 28.8 Å². The standard InChI is InChI=1S/C21H17N5O4S.2C17H17N5O3S.C16H15N5O3S.C15H13N5O3S/c1-12(27)11-31-21-22-20(23-24-21)16-8-15(9-17(10-16)26(28)29)18-13(2)30-25-19(18)14-6-4-3-5-7-14;1-10(23)9-26-17-7-16(18-19-17)13-4-12(5-14(6-13)22(24)25)15-8-21(3)20-11(15)2;1-10(23)9-26-17-7-16(19-20-17)13-4-12(5-14(6-13)22(24)25)15-8-18-21(3)11(15)2;1-10(22)9-25-16-8-15(17-18-16)12-5-11(6-13(7-12)21(23)24)14-3-4-20(2)19-14;1-9(21)8-24-15-7-14(18-19-15)11-4-10(13-2-3-16-17-13)5-12(6-11)20(22)23/h3-10H,11H2,1-2H3,(H,22,23,24);2*4-6,8H,7,9H2,1-3H3;3-7H,8-9H2,1-2H3;2-6H,7-8H2,1H3,(H,16,17). The highest BCUT2D eigenvalue weighted by molar-refractivity contribution is 8.15. The Morgan fingerprint density at radius 2 is 0.833 bits per heavy atom. The molecule has 0 unspecified atom stereocenters. The van der Waals surface area contributed by atoms with E-state index in [-0.39, 0.29) is 63.1 Å². The molecule has 132 heavy (non-hydrogen) atoms. The fourth-order valence-corrected chi connectivity index (χ4v) is 16.4. The van der Waals surface area contributed by atoms with Crippen LogP contribution in [0.25, 0.3) is 78.5 Å². The number of nitrogens with one attached hydrogen (secondary N) is 2. The van der Waals surface area contributed by atoms with Gasteiger partial charge < -0.3 is 4.52 Å². The first-order valence-corrected chi connectivity index (χ1v) is 44.6. The highest BCUT2D eigenvalue weighted by atomic mass is 32.2. The van der Waals surface area contributed by atoms with Gasteiger partial charge in [0.2, 0.25) is 5.16 Å². The van der Waals surface area contributed by atoms with E-state index < -0.39 is 24.6 Å². The van der Waals surface area contributed by atoms with Gasteiger partial charge in [0, 0.05) is 187 Å². The first kappa shape index (κ1) is 96.1. The van der Waals surface area contributed by atoms with Gasteiger partial charge in [0.15, 0.2) is 5.82 Å². The van der Waals surface area contributed by atoms with E-state index in [1.165, 1.54) is 154 Å². The van der Waals surface area contributed by atoms with E-state index in [2.05, 4.69) is 86.6 Å². The molecule has 0 amide bonds. The molecule has 0 saturated carbocycles. The lowest BCUT2D eigenvalue weighted by molar-refractivity contribution is -0.385. The number of non-ortho nitro benzene ring substituents is 5. The zero-order valence-corrected chi connectivity index (χ0v) is 76.3. The van der Waals surface area contributed by atoms with Gasteiger partial charge in [0.25, 0.3) is 28.4 Å². The fourth-order valence-electron chi connectivity index (χ4n) is 12.9. The van der Waals surface area contributed by atoms with E-state index in [9.17, 15) is 74.5 Å². The molecule has 2 N–H and O–H groups in total. The van der Waals surface area contributed by atoms with Crippen molar-refractivity contribution in [1.29, 1.82) is 0 Å². The molecule has 674 valence electrons. The van der Waals surface area contributed by atoms with Crippen molar-refractivity contribution >= 4 is 159 Å². The van der Waals surface area contributed by atoms with Crippen LogP contribution in [0.4, 0.5) is 28.4 Å². The molecule has 0 bridgehead atoms. The number of thioether (sulfide) groups is 5. The van der Waals surface area contributed by atoms with Gasteiger partial charge in [0.05, 0.1) is 105 Å². The number of H-pyrrole nitrogens is 2. The Balaban J connectivity index is 0.000000149. The van der Waals surface area contributed by atoms with Crippen LogP contribution >= 0.6 is 58.8 Å². The summed E-state index contributed by atoms with van der Waals surface area (Å²) >= 11 is 6.57. The molecule has 0 spiro atoms. The third kappa shape index (κ3) is 25.7. The molecule has 0 saturated heterocycles. The number of nitrogens with zero attached hydrogens (tertiary/aromatic N) is 23. The maximum absolute atomic E-state index is 11.6. The average molecular weight is 1880 g/mol. The summed E-state index contributed by atoms with van der Waals surface area (Å²) in [6.45, 7) is 13.1. The molecule has 0 aliphatic carbocycles. The van der Waals surface area contributed by atoms with E-state index in [1.807, 2.05) is 88.7 Å². The van der Waals surface area contributed by atoms with Gasteiger partial charge in [-0.25, -0.2) is 4.98 Å². The highest BCUT2D eigenvalue weighted by Gasteiger charge is 2.28. The van der Waals surface area contributed by atoms with Crippen molar-refractivity contribution < 1.29 is 53.1 Å². The van der Waals surface area contributed by atoms with Crippen molar-refractivity contribution in [2.45, 2.75) is 86.2 Å². The highest BCUT2D eigenvalue weighted by Crippen LogP contribution is 2.40. The first-order chi connectivity index (χ1) is 63.0. The summed E-state index contributed by atoms with van der Waals surface area (Å²) in [5.41, 5.74) is 15.7. The summed E-state index contributed by atoms with van der Waals surface area (Å²) in [6.07, 6.45) is 8.73. The maximum atomic E-state index is 11.6. The van der Waals surface area contributed by atoms with Crippen LogP contribution in [0, 0.1) is 71.3 Å². The van der Waals surface area contributed by atoms with Crippen LogP contribution in [0.15, 0.2) is 209 Å². The molecule has 12 aromatic rings. The minimum atomic E-state index is -0.459. The minimum Gasteiger partial charge on any atom is -0.360 e. The summed E-state index contributed by atoms with van der Waals surface area (Å²) in [6, 6.07) is 37.1. The molecule has 0 fully saturated rings. The number of aromatic amines is 2.